The minimum Gasteiger partial charge on any atom is -0.476 e. The number of nitrogens with two attached hydrogens (primary N) is 1. The maximum absolute atomic E-state index is 10.5. The van der Waals surface area contributed by atoms with Crippen LogP contribution in [0.25, 0.3) is 0 Å². The number of carbonyl (C=O) groups is 1. The number of carboxylic acids is 1. The maximum atomic E-state index is 10.5. The van der Waals surface area contributed by atoms with E-state index in [1.54, 1.807) is 6.92 Å². The summed E-state index contributed by atoms with van der Waals surface area (Å²) in [6.45, 7) is 1.62. The number of aromatic nitrogens is 1. The summed E-state index contributed by atoms with van der Waals surface area (Å²) in [5.41, 5.74) is 5.75. The molecule has 0 radical (unpaired) electrons. The van der Waals surface area contributed by atoms with Gasteiger partial charge in [0.1, 0.15) is 0 Å². The number of pyridine rings is 1. The number of nitrogen functional groups attached to an aromatic ring is 1. The number of hydrogen-bond donors (Lipinski definition) is 2. The molecule has 0 aliphatic rings. The molecule has 1 heterocycles. The zero-order valence-corrected chi connectivity index (χ0v) is 7.09. The predicted octanol–water partition coefficient (Wildman–Crippen LogP) is 1.32. The van der Waals surface area contributed by atoms with Crippen molar-refractivity contribution in [1.82, 2.24) is 4.98 Å². The van der Waals surface area contributed by atoms with Crippen molar-refractivity contribution in [1.29, 1.82) is 0 Å². The lowest BCUT2D eigenvalue weighted by atomic mass is 10.2. The van der Waals surface area contributed by atoms with Crippen molar-refractivity contribution in [3.63, 3.8) is 0 Å². The van der Waals surface area contributed by atoms with E-state index in [1.165, 1.54) is 6.07 Å². The Hall–Kier alpha value is -1.29. The summed E-state index contributed by atoms with van der Waals surface area (Å²) < 4.78 is 0. The van der Waals surface area contributed by atoms with Gasteiger partial charge < -0.3 is 10.8 Å². The van der Waals surface area contributed by atoms with Crippen molar-refractivity contribution < 1.29 is 9.90 Å². The summed E-state index contributed by atoms with van der Waals surface area (Å²) in [6.07, 6.45) is 0. The molecule has 64 valence electrons. The van der Waals surface area contributed by atoms with Crippen molar-refractivity contribution in [3.8, 4) is 0 Å². The molecule has 0 aromatic carbocycles. The molecular formula is C7H7ClN2O2. The van der Waals surface area contributed by atoms with E-state index >= 15 is 0 Å². The largest absolute Gasteiger partial charge is 0.476 e. The molecular weight excluding hydrogens is 180 g/mol. The van der Waals surface area contributed by atoms with Crippen LogP contribution in [0, 0.1) is 6.92 Å². The first-order valence-corrected chi connectivity index (χ1v) is 3.56. The van der Waals surface area contributed by atoms with Gasteiger partial charge in [0.15, 0.2) is 5.69 Å². The van der Waals surface area contributed by atoms with Gasteiger partial charge in [0, 0.05) is 0 Å². The monoisotopic (exact) mass is 186 g/mol. The van der Waals surface area contributed by atoms with Crippen LogP contribution >= 0.6 is 11.6 Å². The number of halogens is 1. The van der Waals surface area contributed by atoms with Crippen LogP contribution in [0.1, 0.15) is 16.2 Å². The molecule has 0 saturated heterocycles. The Morgan fingerprint density at radius 1 is 1.75 bits per heavy atom. The van der Waals surface area contributed by atoms with Gasteiger partial charge in [-0.25, -0.2) is 9.78 Å². The lowest BCUT2D eigenvalue weighted by Crippen LogP contribution is -2.06. The van der Waals surface area contributed by atoms with E-state index in [9.17, 15) is 4.79 Å². The van der Waals surface area contributed by atoms with Crippen LogP contribution in [0.2, 0.25) is 5.02 Å². The van der Waals surface area contributed by atoms with Crippen molar-refractivity contribution in [3.05, 3.63) is 22.5 Å². The van der Waals surface area contributed by atoms with Crippen LogP contribution in [-0.2, 0) is 0 Å². The first-order valence-electron chi connectivity index (χ1n) is 3.18. The van der Waals surface area contributed by atoms with Gasteiger partial charge in [0.2, 0.25) is 0 Å². The second-order valence-corrected chi connectivity index (χ2v) is 2.71. The van der Waals surface area contributed by atoms with E-state index in [4.69, 9.17) is 22.4 Å². The molecule has 0 amide bonds. The van der Waals surface area contributed by atoms with Crippen LogP contribution in [0.3, 0.4) is 0 Å². The number of rotatable bonds is 1. The number of carboxylic acid groups (broad SMARTS) is 1. The number of anilines is 1. The Morgan fingerprint density at radius 2 is 2.33 bits per heavy atom. The third-order valence-corrected chi connectivity index (χ3v) is 1.77. The molecule has 4 nitrogen and oxygen atoms in total. The second-order valence-electron chi connectivity index (χ2n) is 2.30. The minimum absolute atomic E-state index is 0.0816. The third kappa shape index (κ3) is 1.48. The third-order valence-electron chi connectivity index (χ3n) is 1.38. The summed E-state index contributed by atoms with van der Waals surface area (Å²) in [5, 5.41) is 8.97. The molecule has 0 aliphatic carbocycles. The number of aromatic carboxylic acids is 1. The standard InChI is InChI=1S/C7H7ClN2O2/c1-3-4(8)2-5(9)6(10-3)7(11)12/h2H,9H2,1H3,(H,11,12). The van der Waals surface area contributed by atoms with Gasteiger partial charge in [-0.3, -0.25) is 0 Å². The molecule has 0 atom stereocenters. The van der Waals surface area contributed by atoms with Crippen molar-refractivity contribution in [2.75, 3.05) is 5.73 Å². The Bertz CT molecular complexity index is 338. The van der Waals surface area contributed by atoms with E-state index in [0.717, 1.165) is 0 Å². The Kier molecular flexibility index (Phi) is 2.19. The minimum atomic E-state index is -1.15. The van der Waals surface area contributed by atoms with Crippen LogP contribution in [0.15, 0.2) is 6.07 Å². The molecule has 0 saturated carbocycles. The number of hydrogen-bond acceptors (Lipinski definition) is 3. The fourth-order valence-corrected chi connectivity index (χ4v) is 0.926. The molecule has 1 aromatic rings. The highest BCUT2D eigenvalue weighted by Gasteiger charge is 2.11. The van der Waals surface area contributed by atoms with E-state index in [-0.39, 0.29) is 11.4 Å². The normalized spacial score (nSPS) is 9.83. The topological polar surface area (TPSA) is 76.2 Å². The second kappa shape index (κ2) is 2.98. The Morgan fingerprint density at radius 3 is 2.83 bits per heavy atom. The van der Waals surface area contributed by atoms with E-state index < -0.39 is 5.97 Å². The van der Waals surface area contributed by atoms with E-state index in [1.807, 2.05) is 0 Å². The zero-order chi connectivity index (χ0) is 9.30. The summed E-state index contributed by atoms with van der Waals surface area (Å²) in [7, 11) is 0. The molecule has 1 rings (SSSR count). The summed E-state index contributed by atoms with van der Waals surface area (Å²) in [6, 6.07) is 1.38. The van der Waals surface area contributed by atoms with Crippen LogP contribution < -0.4 is 5.73 Å². The van der Waals surface area contributed by atoms with Crippen LogP contribution in [0.4, 0.5) is 5.69 Å². The fourth-order valence-electron chi connectivity index (χ4n) is 0.766. The zero-order valence-electron chi connectivity index (χ0n) is 6.34. The van der Waals surface area contributed by atoms with Gasteiger partial charge in [0.25, 0.3) is 0 Å². The summed E-state index contributed by atoms with van der Waals surface area (Å²) in [5.74, 6) is -1.15. The van der Waals surface area contributed by atoms with Crippen molar-refractivity contribution in [2.24, 2.45) is 0 Å². The van der Waals surface area contributed by atoms with Crippen LogP contribution in [-0.4, -0.2) is 16.1 Å². The summed E-state index contributed by atoms with van der Waals surface area (Å²) >= 11 is 5.66. The average molecular weight is 187 g/mol. The quantitative estimate of drug-likeness (QED) is 0.694. The van der Waals surface area contributed by atoms with Crippen molar-refractivity contribution in [2.45, 2.75) is 6.92 Å². The number of nitrogens with zero attached hydrogens (tertiary/aromatic N) is 1. The van der Waals surface area contributed by atoms with E-state index in [0.29, 0.717) is 10.7 Å². The van der Waals surface area contributed by atoms with Gasteiger partial charge in [-0.15, -0.1) is 0 Å². The SMILES string of the molecule is Cc1nc(C(=O)O)c(N)cc1Cl. The highest BCUT2D eigenvalue weighted by Crippen LogP contribution is 2.19. The molecule has 12 heavy (non-hydrogen) atoms. The number of aryl methyl sites for hydroxylation is 1. The maximum Gasteiger partial charge on any atom is 0.356 e. The predicted molar refractivity (Wildman–Crippen MR) is 45.4 cm³/mol. The van der Waals surface area contributed by atoms with Gasteiger partial charge in [-0.2, -0.15) is 0 Å². The molecule has 0 bridgehead atoms. The Balaban J connectivity index is 3.33. The fraction of sp³-hybridized carbons (Fsp3) is 0.143. The highest BCUT2D eigenvalue weighted by molar-refractivity contribution is 6.31. The molecule has 3 N–H and O–H groups in total. The average Bonchev–Trinajstić information content (AvgIpc) is 1.96. The first kappa shape index (κ1) is 8.80. The Labute approximate surface area is 74.0 Å². The molecule has 1 aromatic heterocycles. The molecule has 0 unspecified atom stereocenters. The van der Waals surface area contributed by atoms with Crippen LogP contribution in [0.5, 0.6) is 0 Å². The summed E-state index contributed by atoms with van der Waals surface area (Å²) in [4.78, 5) is 14.2. The lowest BCUT2D eigenvalue weighted by Gasteiger charge is -2.02. The van der Waals surface area contributed by atoms with Gasteiger partial charge in [-0.1, -0.05) is 11.6 Å². The van der Waals surface area contributed by atoms with Gasteiger partial charge in [0.05, 0.1) is 16.4 Å². The van der Waals surface area contributed by atoms with Gasteiger partial charge >= 0.3 is 5.97 Å². The van der Waals surface area contributed by atoms with Gasteiger partial charge in [-0.05, 0) is 13.0 Å². The lowest BCUT2D eigenvalue weighted by molar-refractivity contribution is 0.0691. The molecule has 0 fully saturated rings. The molecule has 5 heteroatoms. The molecule has 0 spiro atoms. The first-order chi connectivity index (χ1) is 5.52. The molecule has 0 aliphatic heterocycles. The van der Waals surface area contributed by atoms with E-state index in [2.05, 4.69) is 4.98 Å². The smallest absolute Gasteiger partial charge is 0.356 e. The highest BCUT2D eigenvalue weighted by atomic mass is 35.5. The van der Waals surface area contributed by atoms with Crippen molar-refractivity contribution >= 4 is 23.3 Å².